The van der Waals surface area contributed by atoms with Gasteiger partial charge in [0.2, 0.25) is 0 Å². The van der Waals surface area contributed by atoms with E-state index in [1.807, 2.05) is 18.2 Å². The van der Waals surface area contributed by atoms with E-state index in [1.165, 1.54) is 5.56 Å². The van der Waals surface area contributed by atoms with Gasteiger partial charge < -0.3 is 10.1 Å². The lowest BCUT2D eigenvalue weighted by atomic mass is 10.2. The van der Waals surface area contributed by atoms with Crippen molar-refractivity contribution in [3.05, 3.63) is 59.4 Å². The number of aromatic nitrogens is 1. The maximum atomic E-state index is 5.81. The summed E-state index contributed by atoms with van der Waals surface area (Å²) in [6.45, 7) is 2.22. The van der Waals surface area contributed by atoms with Gasteiger partial charge in [-0.15, -0.1) is 0 Å². The Bertz CT molecular complexity index is 476. The Balaban J connectivity index is 1.65. The van der Waals surface area contributed by atoms with Gasteiger partial charge in [-0.25, -0.2) is 0 Å². The molecule has 4 heteroatoms. The fourth-order valence-electron chi connectivity index (χ4n) is 1.54. The van der Waals surface area contributed by atoms with Crippen LogP contribution in [-0.2, 0) is 6.54 Å². The van der Waals surface area contributed by atoms with Crippen molar-refractivity contribution in [1.29, 1.82) is 0 Å². The molecule has 0 amide bonds. The highest BCUT2D eigenvalue weighted by molar-refractivity contribution is 6.30. The van der Waals surface area contributed by atoms with Gasteiger partial charge in [-0.1, -0.05) is 41.9 Å². The van der Waals surface area contributed by atoms with Crippen LogP contribution in [0.1, 0.15) is 5.56 Å². The summed E-state index contributed by atoms with van der Waals surface area (Å²) in [5.41, 5.74) is 1.27. The SMILES string of the molecule is Clc1cncc(OCCNCc2ccccc2)c1. The third-order valence-corrected chi connectivity index (χ3v) is 2.61. The fourth-order valence-corrected chi connectivity index (χ4v) is 1.70. The van der Waals surface area contributed by atoms with E-state index in [0.29, 0.717) is 17.4 Å². The molecule has 0 aliphatic carbocycles. The van der Waals surface area contributed by atoms with Crippen LogP contribution in [0, 0.1) is 0 Å². The Kier molecular flexibility index (Phi) is 5.00. The summed E-state index contributed by atoms with van der Waals surface area (Å²) in [5.74, 6) is 0.698. The van der Waals surface area contributed by atoms with Crippen molar-refractivity contribution in [1.82, 2.24) is 10.3 Å². The minimum atomic E-state index is 0.588. The van der Waals surface area contributed by atoms with Gasteiger partial charge in [-0.2, -0.15) is 0 Å². The molecule has 1 N–H and O–H groups in total. The predicted octanol–water partition coefficient (Wildman–Crippen LogP) is 2.90. The molecular weight excluding hydrogens is 248 g/mol. The Morgan fingerprint density at radius 1 is 1.17 bits per heavy atom. The lowest BCUT2D eigenvalue weighted by molar-refractivity contribution is 0.312. The molecule has 2 rings (SSSR count). The second-order valence-electron chi connectivity index (χ2n) is 3.85. The van der Waals surface area contributed by atoms with Gasteiger partial charge in [0.1, 0.15) is 12.4 Å². The molecule has 3 nitrogen and oxygen atoms in total. The summed E-state index contributed by atoms with van der Waals surface area (Å²) in [5, 5.41) is 3.90. The van der Waals surface area contributed by atoms with E-state index in [4.69, 9.17) is 16.3 Å². The second kappa shape index (κ2) is 6.99. The lowest BCUT2D eigenvalue weighted by Gasteiger charge is -2.07. The zero-order valence-electron chi connectivity index (χ0n) is 9.97. The first kappa shape index (κ1) is 12.9. The molecule has 0 aliphatic rings. The van der Waals surface area contributed by atoms with Crippen LogP contribution in [0.5, 0.6) is 5.75 Å². The average Bonchev–Trinajstić information content (AvgIpc) is 2.40. The Morgan fingerprint density at radius 3 is 2.78 bits per heavy atom. The van der Waals surface area contributed by atoms with E-state index in [1.54, 1.807) is 18.5 Å². The van der Waals surface area contributed by atoms with Gasteiger partial charge >= 0.3 is 0 Å². The molecule has 0 saturated heterocycles. The van der Waals surface area contributed by atoms with Crippen molar-refractivity contribution in [2.24, 2.45) is 0 Å². The number of hydrogen-bond acceptors (Lipinski definition) is 3. The van der Waals surface area contributed by atoms with Gasteiger partial charge in [-0.3, -0.25) is 4.98 Å². The molecule has 18 heavy (non-hydrogen) atoms. The van der Waals surface area contributed by atoms with Crippen molar-refractivity contribution < 1.29 is 4.74 Å². The number of nitrogens with one attached hydrogen (secondary N) is 1. The number of ether oxygens (including phenoxy) is 1. The summed E-state index contributed by atoms with van der Waals surface area (Å²) in [4.78, 5) is 3.95. The van der Waals surface area contributed by atoms with E-state index in [0.717, 1.165) is 13.1 Å². The molecular formula is C14H15ClN2O. The number of hydrogen-bond donors (Lipinski definition) is 1. The summed E-state index contributed by atoms with van der Waals surface area (Å²) >= 11 is 5.81. The monoisotopic (exact) mass is 262 g/mol. The van der Waals surface area contributed by atoms with Gasteiger partial charge in [0.25, 0.3) is 0 Å². The summed E-state index contributed by atoms with van der Waals surface area (Å²) in [7, 11) is 0. The minimum absolute atomic E-state index is 0.588. The molecule has 1 aromatic carbocycles. The van der Waals surface area contributed by atoms with Gasteiger partial charge in [-0.05, 0) is 5.56 Å². The molecule has 0 atom stereocenters. The van der Waals surface area contributed by atoms with Crippen LogP contribution in [0.15, 0.2) is 48.8 Å². The van der Waals surface area contributed by atoms with Gasteiger partial charge in [0.15, 0.2) is 0 Å². The standard InChI is InChI=1S/C14H15ClN2O/c15-13-8-14(11-17-10-13)18-7-6-16-9-12-4-2-1-3-5-12/h1-5,8,10-11,16H,6-7,9H2. The van der Waals surface area contributed by atoms with E-state index in [-0.39, 0.29) is 0 Å². The highest BCUT2D eigenvalue weighted by atomic mass is 35.5. The first-order chi connectivity index (χ1) is 8.84. The van der Waals surface area contributed by atoms with E-state index < -0.39 is 0 Å². The maximum absolute atomic E-state index is 5.81. The summed E-state index contributed by atoms with van der Waals surface area (Å²) in [6.07, 6.45) is 3.24. The minimum Gasteiger partial charge on any atom is -0.491 e. The predicted molar refractivity (Wildman–Crippen MR) is 72.9 cm³/mol. The van der Waals surface area contributed by atoms with Crippen LogP contribution in [0.4, 0.5) is 0 Å². The molecule has 0 bridgehead atoms. The molecule has 0 radical (unpaired) electrons. The number of rotatable bonds is 6. The topological polar surface area (TPSA) is 34.1 Å². The number of nitrogens with zero attached hydrogens (tertiary/aromatic N) is 1. The molecule has 0 unspecified atom stereocenters. The van der Waals surface area contributed by atoms with Crippen molar-refractivity contribution in [2.45, 2.75) is 6.54 Å². The average molecular weight is 263 g/mol. The van der Waals surface area contributed by atoms with Crippen molar-refractivity contribution in [3.8, 4) is 5.75 Å². The molecule has 0 fully saturated rings. The van der Waals surface area contributed by atoms with Crippen molar-refractivity contribution in [2.75, 3.05) is 13.2 Å². The van der Waals surface area contributed by atoms with Crippen molar-refractivity contribution in [3.63, 3.8) is 0 Å². The molecule has 0 spiro atoms. The quantitative estimate of drug-likeness (QED) is 0.813. The molecule has 0 aliphatic heterocycles. The smallest absolute Gasteiger partial charge is 0.139 e. The first-order valence-electron chi connectivity index (χ1n) is 5.82. The number of pyridine rings is 1. The maximum Gasteiger partial charge on any atom is 0.139 e. The molecule has 0 saturated carbocycles. The van der Waals surface area contributed by atoms with Crippen LogP contribution in [-0.4, -0.2) is 18.1 Å². The second-order valence-corrected chi connectivity index (χ2v) is 4.29. The highest BCUT2D eigenvalue weighted by Gasteiger charge is 1.96. The lowest BCUT2D eigenvalue weighted by Crippen LogP contribution is -2.20. The third-order valence-electron chi connectivity index (χ3n) is 2.40. The van der Waals surface area contributed by atoms with Crippen molar-refractivity contribution >= 4 is 11.6 Å². The van der Waals surface area contributed by atoms with Gasteiger partial charge in [0.05, 0.1) is 11.2 Å². The fraction of sp³-hybridized carbons (Fsp3) is 0.214. The largest absolute Gasteiger partial charge is 0.491 e. The van der Waals surface area contributed by atoms with Crippen LogP contribution < -0.4 is 10.1 Å². The van der Waals surface area contributed by atoms with Crippen LogP contribution in [0.2, 0.25) is 5.02 Å². The number of benzene rings is 1. The highest BCUT2D eigenvalue weighted by Crippen LogP contribution is 2.14. The van der Waals surface area contributed by atoms with E-state index in [2.05, 4.69) is 22.4 Å². The normalized spacial score (nSPS) is 10.3. The Morgan fingerprint density at radius 2 is 2.00 bits per heavy atom. The summed E-state index contributed by atoms with van der Waals surface area (Å²) in [6, 6.07) is 12.0. The molecule has 1 heterocycles. The van der Waals surface area contributed by atoms with Crippen LogP contribution >= 0.6 is 11.6 Å². The molecule has 94 valence electrons. The third kappa shape index (κ3) is 4.35. The first-order valence-corrected chi connectivity index (χ1v) is 6.20. The van der Waals surface area contributed by atoms with Gasteiger partial charge in [0, 0.05) is 25.4 Å². The van der Waals surface area contributed by atoms with Crippen LogP contribution in [0.3, 0.4) is 0 Å². The van der Waals surface area contributed by atoms with E-state index in [9.17, 15) is 0 Å². The van der Waals surface area contributed by atoms with Crippen LogP contribution in [0.25, 0.3) is 0 Å². The molecule has 1 aromatic heterocycles. The zero-order valence-corrected chi connectivity index (χ0v) is 10.7. The Hall–Kier alpha value is -1.58. The van der Waals surface area contributed by atoms with E-state index >= 15 is 0 Å². The zero-order chi connectivity index (χ0) is 12.6. The summed E-state index contributed by atoms with van der Waals surface area (Å²) < 4.78 is 5.52. The molecule has 2 aromatic rings. The Labute approximate surface area is 112 Å². The number of halogens is 1.